The van der Waals surface area contributed by atoms with Crippen LogP contribution in [-0.2, 0) is 21.4 Å². The monoisotopic (exact) mass is 436 g/mol. The molecule has 2 aromatic carbocycles. The van der Waals surface area contributed by atoms with Crippen LogP contribution in [0.25, 0.3) is 0 Å². The van der Waals surface area contributed by atoms with Crippen molar-refractivity contribution in [1.29, 1.82) is 0 Å². The smallest absolute Gasteiger partial charge is 0.243 e. The molecule has 1 saturated heterocycles. The standard InChI is InChI=1S/C21H25ClN2O4S/c1-28-20-8-3-2-6-16(20)15-23-21(25)14-18-7-4-5-13-24(18)29(26,27)19-11-9-17(22)10-12-19/h2-3,6,8-12,18H,4-5,7,13-15H2,1H3,(H,23,25)/t18-/m1/s1. The Labute approximate surface area is 176 Å². The summed E-state index contributed by atoms with van der Waals surface area (Å²) in [4.78, 5) is 12.7. The molecule has 6 nitrogen and oxygen atoms in total. The minimum Gasteiger partial charge on any atom is -0.496 e. The fourth-order valence-electron chi connectivity index (χ4n) is 3.57. The molecule has 1 fully saturated rings. The summed E-state index contributed by atoms with van der Waals surface area (Å²) < 4.78 is 32.9. The zero-order valence-corrected chi connectivity index (χ0v) is 17.9. The number of nitrogens with zero attached hydrogens (tertiary/aromatic N) is 1. The molecular formula is C21H25ClN2O4S. The van der Waals surface area contributed by atoms with Crippen LogP contribution in [-0.4, -0.2) is 38.3 Å². The van der Waals surface area contributed by atoms with Crippen LogP contribution < -0.4 is 10.1 Å². The molecule has 0 bridgehead atoms. The van der Waals surface area contributed by atoms with E-state index in [0.29, 0.717) is 30.3 Å². The highest BCUT2D eigenvalue weighted by Crippen LogP contribution is 2.28. The molecule has 0 aromatic heterocycles. The van der Waals surface area contributed by atoms with Gasteiger partial charge in [0.25, 0.3) is 0 Å². The minimum absolute atomic E-state index is 0.127. The fourth-order valence-corrected chi connectivity index (χ4v) is 5.38. The molecule has 1 heterocycles. The number of para-hydroxylation sites is 1. The van der Waals surface area contributed by atoms with Gasteiger partial charge in [0.2, 0.25) is 15.9 Å². The molecule has 1 aliphatic heterocycles. The summed E-state index contributed by atoms with van der Waals surface area (Å²) >= 11 is 5.88. The number of halogens is 1. The van der Waals surface area contributed by atoms with E-state index in [-0.39, 0.29) is 23.3 Å². The quantitative estimate of drug-likeness (QED) is 0.719. The molecule has 29 heavy (non-hydrogen) atoms. The molecule has 1 amide bonds. The van der Waals surface area contributed by atoms with Crippen LogP contribution in [0.1, 0.15) is 31.2 Å². The van der Waals surface area contributed by atoms with Crippen LogP contribution in [0.15, 0.2) is 53.4 Å². The van der Waals surface area contributed by atoms with Crippen LogP contribution in [0.5, 0.6) is 5.75 Å². The van der Waals surface area contributed by atoms with Crippen LogP contribution in [0.3, 0.4) is 0 Å². The summed E-state index contributed by atoms with van der Waals surface area (Å²) in [6, 6.07) is 13.2. The predicted molar refractivity (Wildman–Crippen MR) is 112 cm³/mol. The van der Waals surface area contributed by atoms with E-state index in [1.165, 1.54) is 16.4 Å². The summed E-state index contributed by atoms with van der Waals surface area (Å²) in [5, 5.41) is 3.36. The second-order valence-electron chi connectivity index (χ2n) is 7.01. The highest BCUT2D eigenvalue weighted by molar-refractivity contribution is 7.89. The van der Waals surface area contributed by atoms with E-state index in [1.807, 2.05) is 24.3 Å². The zero-order chi connectivity index (χ0) is 20.9. The second kappa shape index (κ2) is 9.61. The number of ether oxygens (including phenoxy) is 1. The third-order valence-corrected chi connectivity index (χ3v) is 7.30. The normalized spacial score (nSPS) is 17.7. The van der Waals surface area contributed by atoms with E-state index < -0.39 is 10.0 Å². The average Bonchev–Trinajstić information content (AvgIpc) is 2.73. The van der Waals surface area contributed by atoms with Gasteiger partial charge in [-0.3, -0.25) is 4.79 Å². The molecule has 1 aliphatic rings. The molecule has 156 valence electrons. The summed E-state index contributed by atoms with van der Waals surface area (Å²) in [6.45, 7) is 0.745. The lowest BCUT2D eigenvalue weighted by atomic mass is 10.0. The Bertz CT molecular complexity index is 947. The van der Waals surface area contributed by atoms with Crippen molar-refractivity contribution in [2.45, 2.75) is 43.2 Å². The number of carbonyl (C=O) groups is 1. The van der Waals surface area contributed by atoms with Gasteiger partial charge in [-0.2, -0.15) is 4.31 Å². The van der Waals surface area contributed by atoms with Gasteiger partial charge in [0.05, 0.1) is 12.0 Å². The predicted octanol–water partition coefficient (Wildman–Crippen LogP) is 3.60. The number of rotatable bonds is 7. The number of methoxy groups -OCH3 is 1. The first kappa shape index (κ1) is 21.6. The Kier molecular flexibility index (Phi) is 7.16. The lowest BCUT2D eigenvalue weighted by Crippen LogP contribution is -2.45. The summed E-state index contributed by atoms with van der Waals surface area (Å²) in [5.74, 6) is 0.525. The first-order chi connectivity index (χ1) is 13.9. The summed E-state index contributed by atoms with van der Waals surface area (Å²) in [5.41, 5.74) is 0.873. The van der Waals surface area contributed by atoms with Crippen molar-refractivity contribution in [3.63, 3.8) is 0 Å². The maximum atomic E-state index is 13.1. The third-order valence-electron chi connectivity index (χ3n) is 5.08. The maximum absolute atomic E-state index is 13.1. The van der Waals surface area contributed by atoms with Gasteiger partial charge < -0.3 is 10.1 Å². The number of piperidine rings is 1. The van der Waals surface area contributed by atoms with Crippen molar-refractivity contribution < 1.29 is 17.9 Å². The number of carbonyl (C=O) groups excluding carboxylic acids is 1. The molecule has 8 heteroatoms. The Balaban J connectivity index is 1.68. The second-order valence-corrected chi connectivity index (χ2v) is 9.34. The molecule has 0 unspecified atom stereocenters. The first-order valence-electron chi connectivity index (χ1n) is 9.58. The van der Waals surface area contributed by atoms with Gasteiger partial charge in [0, 0.05) is 36.1 Å². The van der Waals surface area contributed by atoms with Gasteiger partial charge in [-0.1, -0.05) is 36.2 Å². The van der Waals surface area contributed by atoms with Crippen molar-refractivity contribution in [3.05, 3.63) is 59.1 Å². The third kappa shape index (κ3) is 5.29. The fraction of sp³-hybridized carbons (Fsp3) is 0.381. The van der Waals surface area contributed by atoms with Crippen LogP contribution in [0.4, 0.5) is 0 Å². The number of sulfonamides is 1. The Morgan fingerprint density at radius 2 is 1.90 bits per heavy atom. The molecule has 0 saturated carbocycles. The van der Waals surface area contributed by atoms with E-state index in [0.717, 1.165) is 18.4 Å². The van der Waals surface area contributed by atoms with Crippen molar-refractivity contribution in [1.82, 2.24) is 9.62 Å². The zero-order valence-electron chi connectivity index (χ0n) is 16.3. The molecule has 0 radical (unpaired) electrons. The topological polar surface area (TPSA) is 75.7 Å². The average molecular weight is 437 g/mol. The van der Waals surface area contributed by atoms with E-state index >= 15 is 0 Å². The molecule has 2 aromatic rings. The van der Waals surface area contributed by atoms with Crippen LogP contribution in [0, 0.1) is 0 Å². The largest absolute Gasteiger partial charge is 0.496 e. The van der Waals surface area contributed by atoms with Crippen molar-refractivity contribution >= 4 is 27.5 Å². The molecule has 1 N–H and O–H groups in total. The lowest BCUT2D eigenvalue weighted by molar-refractivity contribution is -0.122. The molecular weight excluding hydrogens is 412 g/mol. The van der Waals surface area contributed by atoms with Gasteiger partial charge in [-0.15, -0.1) is 0 Å². The first-order valence-corrected chi connectivity index (χ1v) is 11.4. The van der Waals surface area contributed by atoms with Gasteiger partial charge >= 0.3 is 0 Å². The van der Waals surface area contributed by atoms with Crippen molar-refractivity contribution in [2.24, 2.45) is 0 Å². The number of nitrogens with one attached hydrogen (secondary N) is 1. The van der Waals surface area contributed by atoms with Crippen molar-refractivity contribution in [2.75, 3.05) is 13.7 Å². The highest BCUT2D eigenvalue weighted by Gasteiger charge is 2.34. The number of hydrogen-bond donors (Lipinski definition) is 1. The molecule has 1 atom stereocenters. The van der Waals surface area contributed by atoms with Gasteiger partial charge in [0.15, 0.2) is 0 Å². The van der Waals surface area contributed by atoms with Gasteiger partial charge in [-0.25, -0.2) is 8.42 Å². The van der Waals surface area contributed by atoms with Gasteiger partial charge in [-0.05, 0) is 43.2 Å². The number of benzene rings is 2. The molecule has 0 spiro atoms. The van der Waals surface area contributed by atoms with E-state index in [1.54, 1.807) is 19.2 Å². The van der Waals surface area contributed by atoms with Gasteiger partial charge in [0.1, 0.15) is 5.75 Å². The highest BCUT2D eigenvalue weighted by atomic mass is 35.5. The summed E-state index contributed by atoms with van der Waals surface area (Å²) in [7, 11) is -2.09. The SMILES string of the molecule is COc1ccccc1CNC(=O)C[C@H]1CCCCN1S(=O)(=O)c1ccc(Cl)cc1. The number of hydrogen-bond acceptors (Lipinski definition) is 4. The maximum Gasteiger partial charge on any atom is 0.243 e. The van der Waals surface area contributed by atoms with E-state index in [4.69, 9.17) is 16.3 Å². The molecule has 3 rings (SSSR count). The Morgan fingerprint density at radius 3 is 2.62 bits per heavy atom. The van der Waals surface area contributed by atoms with E-state index in [9.17, 15) is 13.2 Å². The Hall–Kier alpha value is -2.09. The van der Waals surface area contributed by atoms with E-state index in [2.05, 4.69) is 5.32 Å². The Morgan fingerprint density at radius 1 is 1.17 bits per heavy atom. The minimum atomic E-state index is -3.68. The van der Waals surface area contributed by atoms with Crippen LogP contribution in [0.2, 0.25) is 5.02 Å². The number of amides is 1. The lowest BCUT2D eigenvalue weighted by Gasteiger charge is -2.34. The molecule has 0 aliphatic carbocycles. The summed E-state index contributed by atoms with van der Waals surface area (Å²) in [6.07, 6.45) is 2.47. The van der Waals surface area contributed by atoms with Crippen LogP contribution >= 0.6 is 11.6 Å². The van der Waals surface area contributed by atoms with Crippen molar-refractivity contribution in [3.8, 4) is 5.75 Å².